The van der Waals surface area contributed by atoms with Crippen molar-refractivity contribution < 1.29 is 75.3 Å². The van der Waals surface area contributed by atoms with Gasteiger partial charge in [-0.15, -0.1) is 0 Å². The number of halogens is 15. The second-order valence-corrected chi connectivity index (χ2v) is 8.38. The van der Waals surface area contributed by atoms with Gasteiger partial charge < -0.3 is 9.47 Å². The summed E-state index contributed by atoms with van der Waals surface area (Å²) in [5, 5.41) is 0. The Kier molecular flexibility index (Phi) is 9.37. The van der Waals surface area contributed by atoms with E-state index in [1.807, 2.05) is 0 Å². The van der Waals surface area contributed by atoms with Gasteiger partial charge in [-0.3, -0.25) is 0 Å². The van der Waals surface area contributed by atoms with E-state index in [1.54, 1.807) is 6.92 Å². The number of unbranched alkanes of at least 4 members (excludes halogenated alkanes) is 1. The van der Waals surface area contributed by atoms with E-state index < -0.39 is 59.3 Å². The third kappa shape index (κ3) is 5.35. The van der Waals surface area contributed by atoms with Crippen LogP contribution < -0.4 is 4.74 Å². The fraction of sp³-hybridized carbons (Fsp3) is 0.714. The highest BCUT2D eigenvalue weighted by Gasteiger charge is 2.93. The number of hydrogen-bond acceptors (Lipinski definition) is 2. The second kappa shape index (κ2) is 10.5. The Hall–Kier alpha value is -2.07. The number of hydrogen-bond donors (Lipinski definition) is 0. The van der Waals surface area contributed by atoms with Crippen molar-refractivity contribution in [2.75, 3.05) is 13.7 Å². The van der Waals surface area contributed by atoms with Crippen molar-refractivity contribution >= 4 is 0 Å². The summed E-state index contributed by atoms with van der Waals surface area (Å²) >= 11 is 0. The molecule has 1 atom stereocenters. The van der Waals surface area contributed by atoms with E-state index in [1.165, 1.54) is 6.07 Å². The number of benzene rings is 1. The van der Waals surface area contributed by atoms with Crippen molar-refractivity contribution in [3.8, 4) is 5.75 Å². The Balaban J connectivity index is 3.59. The second-order valence-electron chi connectivity index (χ2n) is 8.38. The molecule has 0 bridgehead atoms. The summed E-state index contributed by atoms with van der Waals surface area (Å²) in [6.45, 7) is 2.25. The molecule has 0 fully saturated rings. The predicted molar refractivity (Wildman–Crippen MR) is 102 cm³/mol. The molecule has 0 heterocycles. The van der Waals surface area contributed by atoms with Crippen LogP contribution in [0.4, 0.5) is 65.9 Å². The molecule has 0 aliphatic heterocycles. The van der Waals surface area contributed by atoms with Crippen LogP contribution in [-0.2, 0) is 10.3 Å². The SMILES string of the molecule is CCCCOc1ccccc1C(C)(CC(F)(F)C(F)(F)C(F)(F)C(F)(F)C(F)(F)C(F)(F)C(F)(F)F)OC. The van der Waals surface area contributed by atoms with Crippen LogP contribution in [0.3, 0.4) is 0 Å². The van der Waals surface area contributed by atoms with E-state index in [-0.39, 0.29) is 12.4 Å². The molecular weight excluding hydrogens is 569 g/mol. The highest BCUT2D eigenvalue weighted by atomic mass is 19.4. The Morgan fingerprint density at radius 1 is 0.658 bits per heavy atom. The predicted octanol–water partition coefficient (Wildman–Crippen LogP) is 8.49. The van der Waals surface area contributed by atoms with Crippen molar-refractivity contribution in [3.63, 3.8) is 0 Å². The number of rotatable bonds is 13. The molecule has 17 heteroatoms. The van der Waals surface area contributed by atoms with Gasteiger partial charge in [0.05, 0.1) is 18.6 Å². The van der Waals surface area contributed by atoms with Gasteiger partial charge in [-0.25, -0.2) is 0 Å². The summed E-state index contributed by atoms with van der Waals surface area (Å²) in [7, 11) is 0.599. The van der Waals surface area contributed by atoms with Crippen molar-refractivity contribution in [1.29, 1.82) is 0 Å². The third-order valence-electron chi connectivity index (χ3n) is 5.61. The van der Waals surface area contributed by atoms with Gasteiger partial charge in [-0.1, -0.05) is 31.5 Å². The molecule has 1 aromatic carbocycles. The van der Waals surface area contributed by atoms with E-state index in [0.29, 0.717) is 26.9 Å². The first-order valence-electron chi connectivity index (χ1n) is 10.4. The van der Waals surface area contributed by atoms with Gasteiger partial charge in [-0.05, 0) is 19.4 Å². The number of para-hydroxylation sites is 1. The zero-order valence-corrected chi connectivity index (χ0v) is 19.6. The molecule has 0 N–H and O–H groups in total. The molecule has 0 saturated carbocycles. The summed E-state index contributed by atoms with van der Waals surface area (Å²) in [6, 6.07) is 4.44. The average molecular weight is 590 g/mol. The molecule has 0 aliphatic carbocycles. The zero-order valence-electron chi connectivity index (χ0n) is 19.6. The lowest BCUT2D eigenvalue weighted by molar-refractivity contribution is -0.453. The van der Waals surface area contributed by atoms with Crippen LogP contribution in [0.5, 0.6) is 5.75 Å². The van der Waals surface area contributed by atoms with E-state index in [2.05, 4.69) is 0 Å². The summed E-state index contributed by atoms with van der Waals surface area (Å²) in [6.07, 6.45) is -9.35. The monoisotopic (exact) mass is 590 g/mol. The van der Waals surface area contributed by atoms with E-state index in [9.17, 15) is 65.9 Å². The van der Waals surface area contributed by atoms with Gasteiger partial charge in [0.25, 0.3) is 0 Å². The molecule has 38 heavy (non-hydrogen) atoms. The van der Waals surface area contributed by atoms with E-state index >= 15 is 0 Å². The molecule has 0 spiro atoms. The lowest BCUT2D eigenvalue weighted by Crippen LogP contribution is -2.72. The molecule has 0 aliphatic rings. The maximum Gasteiger partial charge on any atom is 0.460 e. The molecular formula is C21H21F15O2. The Morgan fingerprint density at radius 2 is 1.11 bits per heavy atom. The van der Waals surface area contributed by atoms with Gasteiger partial charge in [-0.2, -0.15) is 65.9 Å². The molecule has 1 rings (SSSR count). The fourth-order valence-electron chi connectivity index (χ4n) is 3.17. The van der Waals surface area contributed by atoms with Crippen molar-refractivity contribution in [1.82, 2.24) is 0 Å². The number of methoxy groups -OCH3 is 1. The summed E-state index contributed by atoms with van der Waals surface area (Å²) in [4.78, 5) is 0. The molecule has 1 aromatic rings. The summed E-state index contributed by atoms with van der Waals surface area (Å²) < 4.78 is 213. The van der Waals surface area contributed by atoms with E-state index in [0.717, 1.165) is 18.2 Å². The summed E-state index contributed by atoms with van der Waals surface area (Å²) in [5.41, 5.74) is -3.31. The maximum atomic E-state index is 14.6. The minimum absolute atomic E-state index is 0.0628. The lowest BCUT2D eigenvalue weighted by Gasteiger charge is -2.43. The van der Waals surface area contributed by atoms with Crippen molar-refractivity contribution in [2.45, 2.75) is 80.4 Å². The number of alkyl halides is 15. The highest BCUT2D eigenvalue weighted by Crippen LogP contribution is 2.63. The largest absolute Gasteiger partial charge is 0.493 e. The smallest absolute Gasteiger partial charge is 0.460 e. The Bertz CT molecular complexity index is 943. The first-order valence-corrected chi connectivity index (χ1v) is 10.4. The quantitative estimate of drug-likeness (QED) is 0.170. The minimum Gasteiger partial charge on any atom is -0.493 e. The van der Waals surface area contributed by atoms with E-state index in [4.69, 9.17) is 9.47 Å². The van der Waals surface area contributed by atoms with Gasteiger partial charge in [0.2, 0.25) is 0 Å². The molecule has 1 unspecified atom stereocenters. The lowest BCUT2D eigenvalue weighted by atomic mass is 9.83. The molecule has 2 nitrogen and oxygen atoms in total. The standard InChI is InChI=1S/C21H21F15O2/c1-4-5-10-38-13-9-7-6-8-12(13)14(2,37-3)11-15(22,23)16(24,25)17(26,27)18(28,29)19(30,31)20(32,33)21(34,35)36/h6-9H,4-5,10-11H2,1-3H3. The van der Waals surface area contributed by atoms with Gasteiger partial charge in [0.15, 0.2) is 0 Å². The maximum absolute atomic E-state index is 14.6. The first kappa shape index (κ1) is 34.0. The van der Waals surface area contributed by atoms with Crippen LogP contribution in [0.15, 0.2) is 24.3 Å². The van der Waals surface area contributed by atoms with Crippen molar-refractivity contribution in [3.05, 3.63) is 29.8 Å². The fourth-order valence-corrected chi connectivity index (χ4v) is 3.17. The third-order valence-corrected chi connectivity index (χ3v) is 5.61. The zero-order chi connectivity index (χ0) is 30.2. The summed E-state index contributed by atoms with van der Waals surface area (Å²) in [5.74, 6) is -47.2. The van der Waals surface area contributed by atoms with Crippen LogP contribution >= 0.6 is 0 Å². The minimum atomic E-state index is -8.34. The normalized spacial score (nSPS) is 16.4. The van der Waals surface area contributed by atoms with Gasteiger partial charge in [0, 0.05) is 12.7 Å². The van der Waals surface area contributed by atoms with Crippen LogP contribution in [0.2, 0.25) is 0 Å². The number of ether oxygens (including phenoxy) is 2. The van der Waals surface area contributed by atoms with Gasteiger partial charge in [0.1, 0.15) is 5.75 Å². The molecule has 222 valence electrons. The van der Waals surface area contributed by atoms with Crippen molar-refractivity contribution in [2.24, 2.45) is 0 Å². The Labute approximate surface area is 206 Å². The molecule has 0 aromatic heterocycles. The van der Waals surface area contributed by atoms with Crippen LogP contribution in [0, 0.1) is 0 Å². The first-order chi connectivity index (χ1) is 16.8. The van der Waals surface area contributed by atoms with Crippen LogP contribution in [-0.4, -0.2) is 55.4 Å². The topological polar surface area (TPSA) is 18.5 Å². The molecule has 0 radical (unpaired) electrons. The van der Waals surface area contributed by atoms with Crippen LogP contribution in [0.25, 0.3) is 0 Å². The average Bonchev–Trinajstić information content (AvgIpc) is 2.77. The Morgan fingerprint density at radius 3 is 1.55 bits per heavy atom. The highest BCUT2D eigenvalue weighted by molar-refractivity contribution is 5.38. The molecule has 0 amide bonds. The van der Waals surface area contributed by atoms with Gasteiger partial charge >= 0.3 is 41.7 Å². The molecule has 0 saturated heterocycles. The van der Waals surface area contributed by atoms with Crippen LogP contribution in [0.1, 0.15) is 38.7 Å².